The minimum atomic E-state index is -4.98. The number of carbonyl (C=O) groups is 3. The summed E-state index contributed by atoms with van der Waals surface area (Å²) in [7, 11) is 0. The van der Waals surface area contributed by atoms with Crippen LogP contribution in [0.4, 0.5) is 18.9 Å². The highest BCUT2D eigenvalue weighted by molar-refractivity contribution is 6.34. The molecule has 0 unspecified atom stereocenters. The van der Waals surface area contributed by atoms with Crippen LogP contribution in [0.1, 0.15) is 12.5 Å². The summed E-state index contributed by atoms with van der Waals surface area (Å²) in [6, 6.07) is 5.21. The van der Waals surface area contributed by atoms with Gasteiger partial charge >= 0.3 is 23.9 Å². The van der Waals surface area contributed by atoms with Crippen LogP contribution in [0.3, 0.4) is 0 Å². The van der Waals surface area contributed by atoms with Gasteiger partial charge in [0.05, 0.1) is 5.71 Å². The molecule has 1 aromatic rings. The summed E-state index contributed by atoms with van der Waals surface area (Å²) in [4.78, 5) is 32.1. The molecule has 0 aliphatic rings. The Balaban J connectivity index is 2.76. The molecule has 4 N–H and O–H groups in total. The molecule has 10 heteroatoms. The summed E-state index contributed by atoms with van der Waals surface area (Å²) in [5, 5.41) is 5.27. The lowest BCUT2D eigenvalue weighted by atomic mass is 10.1. The number of halogens is 3. The molecule has 0 aromatic heterocycles. The van der Waals surface area contributed by atoms with Crippen LogP contribution in [0, 0.1) is 0 Å². The summed E-state index contributed by atoms with van der Waals surface area (Å²) in [5.74, 6) is -4.39. The van der Waals surface area contributed by atoms with E-state index in [1.165, 1.54) is 31.2 Å². The number of hydrogen-bond donors (Lipinski definition) is 3. The van der Waals surface area contributed by atoms with Crippen LogP contribution < -0.4 is 16.5 Å². The van der Waals surface area contributed by atoms with E-state index in [9.17, 15) is 27.6 Å². The first-order valence-electron chi connectivity index (χ1n) is 5.74. The third-order valence-corrected chi connectivity index (χ3v) is 2.37. The number of nitrogens with one attached hydrogen (secondary N) is 2. The molecule has 0 saturated heterocycles. The smallest absolute Gasteiger partial charge is 0.361 e. The van der Waals surface area contributed by atoms with Gasteiger partial charge in [0.25, 0.3) is 0 Å². The maximum Gasteiger partial charge on any atom is 0.471 e. The van der Waals surface area contributed by atoms with Gasteiger partial charge in [-0.05, 0) is 24.6 Å². The number of hydrogen-bond acceptors (Lipinski definition) is 4. The molecule has 0 aliphatic carbocycles. The van der Waals surface area contributed by atoms with Gasteiger partial charge in [0, 0.05) is 5.69 Å². The Kier molecular flexibility index (Phi) is 5.22. The molecule has 22 heavy (non-hydrogen) atoms. The first kappa shape index (κ1) is 17.1. The van der Waals surface area contributed by atoms with Crippen molar-refractivity contribution in [3.8, 4) is 0 Å². The summed E-state index contributed by atoms with van der Waals surface area (Å²) in [6.07, 6.45) is -4.98. The highest BCUT2D eigenvalue weighted by Crippen LogP contribution is 2.18. The van der Waals surface area contributed by atoms with E-state index >= 15 is 0 Å². The normalized spacial score (nSPS) is 11.7. The zero-order valence-electron chi connectivity index (χ0n) is 11.2. The molecule has 0 bridgehead atoms. The van der Waals surface area contributed by atoms with Crippen LogP contribution in [-0.4, -0.2) is 29.6 Å². The molecule has 118 valence electrons. The van der Waals surface area contributed by atoms with E-state index in [0.29, 0.717) is 5.56 Å². The van der Waals surface area contributed by atoms with E-state index < -0.39 is 23.9 Å². The maximum absolute atomic E-state index is 12.1. The van der Waals surface area contributed by atoms with Crippen molar-refractivity contribution in [2.24, 2.45) is 10.8 Å². The van der Waals surface area contributed by atoms with Gasteiger partial charge < -0.3 is 11.1 Å². The van der Waals surface area contributed by atoms with E-state index in [-0.39, 0.29) is 11.4 Å². The fourth-order valence-electron chi connectivity index (χ4n) is 1.25. The number of nitrogens with zero attached hydrogens (tertiary/aromatic N) is 1. The first-order chi connectivity index (χ1) is 10.1. The Morgan fingerprint density at radius 1 is 1.14 bits per heavy atom. The first-order valence-corrected chi connectivity index (χ1v) is 5.74. The molecule has 3 amide bonds. The van der Waals surface area contributed by atoms with E-state index in [4.69, 9.17) is 5.73 Å². The third-order valence-electron chi connectivity index (χ3n) is 2.37. The van der Waals surface area contributed by atoms with Crippen LogP contribution in [0.5, 0.6) is 0 Å². The second-order valence-corrected chi connectivity index (χ2v) is 4.03. The second kappa shape index (κ2) is 6.70. The number of nitrogens with two attached hydrogens (primary N) is 1. The van der Waals surface area contributed by atoms with Gasteiger partial charge in [0.1, 0.15) is 0 Å². The van der Waals surface area contributed by atoms with Crippen molar-refractivity contribution >= 4 is 29.1 Å². The summed E-state index contributed by atoms with van der Waals surface area (Å²) >= 11 is 0. The van der Waals surface area contributed by atoms with Gasteiger partial charge in [0.2, 0.25) is 0 Å². The van der Waals surface area contributed by atoms with Crippen LogP contribution in [-0.2, 0) is 14.4 Å². The number of rotatable bonds is 3. The standard InChI is InChI=1S/C12H11F3N4O3/c1-6(18-19-10(21)9(16)20)7-2-4-8(5-3-7)17-11(22)12(13,14)15/h2-5H,1H3,(H2,16,20)(H,17,22)(H,19,21)/b18-6-. The van der Waals surface area contributed by atoms with Crippen LogP contribution >= 0.6 is 0 Å². The molecule has 0 spiro atoms. The Hall–Kier alpha value is -2.91. The number of anilines is 1. The largest absolute Gasteiger partial charge is 0.471 e. The number of hydrazone groups is 1. The lowest BCUT2D eigenvalue weighted by Crippen LogP contribution is -2.33. The molecule has 0 heterocycles. The quantitative estimate of drug-likeness (QED) is 0.429. The number of primary amides is 1. The minimum absolute atomic E-state index is 0.0555. The number of carbonyl (C=O) groups excluding carboxylic acids is 3. The average molecular weight is 316 g/mol. The second-order valence-electron chi connectivity index (χ2n) is 4.03. The molecule has 0 saturated carbocycles. The SMILES string of the molecule is C/C(=N/NC(=O)C(N)=O)c1ccc(NC(=O)C(F)(F)F)cc1. The lowest BCUT2D eigenvalue weighted by molar-refractivity contribution is -0.167. The van der Waals surface area contributed by atoms with Gasteiger partial charge in [-0.15, -0.1) is 0 Å². The third kappa shape index (κ3) is 4.89. The molecule has 0 atom stereocenters. The van der Waals surface area contributed by atoms with Gasteiger partial charge in [-0.3, -0.25) is 14.4 Å². The average Bonchev–Trinajstić information content (AvgIpc) is 2.43. The molecule has 1 aromatic carbocycles. The summed E-state index contributed by atoms with van der Waals surface area (Å²) in [5.41, 5.74) is 7.29. The van der Waals surface area contributed by atoms with Crippen molar-refractivity contribution in [3.63, 3.8) is 0 Å². The Morgan fingerprint density at radius 2 is 1.68 bits per heavy atom. The minimum Gasteiger partial charge on any atom is -0.361 e. The van der Waals surface area contributed by atoms with Crippen molar-refractivity contribution in [3.05, 3.63) is 29.8 Å². The highest BCUT2D eigenvalue weighted by Gasteiger charge is 2.38. The Labute approximate surface area is 122 Å². The Bertz CT molecular complexity index is 623. The van der Waals surface area contributed by atoms with Gasteiger partial charge in [0.15, 0.2) is 0 Å². The summed E-state index contributed by atoms with van der Waals surface area (Å²) < 4.78 is 36.2. The topological polar surface area (TPSA) is 114 Å². The number of amides is 3. The van der Waals surface area contributed by atoms with Gasteiger partial charge in [-0.2, -0.15) is 18.3 Å². The molecular weight excluding hydrogens is 305 g/mol. The zero-order chi connectivity index (χ0) is 16.9. The van der Waals surface area contributed by atoms with E-state index in [1.807, 2.05) is 5.43 Å². The van der Waals surface area contributed by atoms with E-state index in [1.54, 1.807) is 5.32 Å². The molecular formula is C12H11F3N4O3. The van der Waals surface area contributed by atoms with E-state index in [2.05, 4.69) is 5.10 Å². The highest BCUT2D eigenvalue weighted by atomic mass is 19.4. The molecule has 1 rings (SSSR count). The monoisotopic (exact) mass is 316 g/mol. The predicted octanol–water partition coefficient (Wildman–Crippen LogP) is 0.513. The molecule has 7 nitrogen and oxygen atoms in total. The van der Waals surface area contributed by atoms with Gasteiger partial charge in [-0.1, -0.05) is 12.1 Å². The molecule has 0 radical (unpaired) electrons. The lowest BCUT2D eigenvalue weighted by Gasteiger charge is -2.08. The molecule has 0 fully saturated rings. The zero-order valence-corrected chi connectivity index (χ0v) is 11.2. The van der Waals surface area contributed by atoms with Crippen molar-refractivity contribution in [2.45, 2.75) is 13.1 Å². The Morgan fingerprint density at radius 3 is 2.14 bits per heavy atom. The maximum atomic E-state index is 12.1. The van der Waals surface area contributed by atoms with Crippen molar-refractivity contribution < 1.29 is 27.6 Å². The fourth-order valence-corrected chi connectivity index (χ4v) is 1.25. The van der Waals surface area contributed by atoms with Crippen molar-refractivity contribution in [2.75, 3.05) is 5.32 Å². The van der Waals surface area contributed by atoms with Crippen molar-refractivity contribution in [1.82, 2.24) is 5.43 Å². The van der Waals surface area contributed by atoms with Gasteiger partial charge in [-0.25, -0.2) is 5.43 Å². The van der Waals surface area contributed by atoms with Crippen molar-refractivity contribution in [1.29, 1.82) is 0 Å². The van der Waals surface area contributed by atoms with Crippen LogP contribution in [0.15, 0.2) is 29.4 Å². The molecule has 0 aliphatic heterocycles. The fraction of sp³-hybridized carbons (Fsp3) is 0.167. The van der Waals surface area contributed by atoms with Crippen LogP contribution in [0.2, 0.25) is 0 Å². The number of alkyl halides is 3. The summed E-state index contributed by atoms with van der Waals surface area (Å²) in [6.45, 7) is 1.49. The predicted molar refractivity (Wildman–Crippen MR) is 70.7 cm³/mol. The number of benzene rings is 1. The van der Waals surface area contributed by atoms with Crippen LogP contribution in [0.25, 0.3) is 0 Å². The van der Waals surface area contributed by atoms with E-state index in [0.717, 1.165) is 0 Å².